The van der Waals surface area contributed by atoms with Gasteiger partial charge >= 0.3 is 0 Å². The number of rotatable bonds is 7. The number of nitrogens with zero attached hydrogens (tertiary/aromatic N) is 1. The summed E-state index contributed by atoms with van der Waals surface area (Å²) in [6, 6.07) is 18.4. The molecule has 1 radical (unpaired) electrons. The van der Waals surface area contributed by atoms with Gasteiger partial charge in [-0.15, -0.1) is 0 Å². The summed E-state index contributed by atoms with van der Waals surface area (Å²) in [6.07, 6.45) is 0.882. The topological polar surface area (TPSA) is 20.3 Å². The molecule has 0 aliphatic rings. The Kier molecular flexibility index (Phi) is 5.70. The molecule has 0 spiro atoms. The summed E-state index contributed by atoms with van der Waals surface area (Å²) in [5, 5.41) is 0. The van der Waals surface area contributed by atoms with Crippen LogP contribution in [0.4, 0.5) is 0 Å². The van der Waals surface area contributed by atoms with E-state index in [4.69, 9.17) is 0 Å². The van der Waals surface area contributed by atoms with E-state index in [-0.39, 0.29) is 5.78 Å². The standard InChI is InChI=1S/C19H22NO/c1-3-20(4-2)15-14-16-10-8-9-13-18(16)19(21)17-11-6-5-7-12-17/h5-12H,3-4,14-15H2,1-2H3. The zero-order chi connectivity index (χ0) is 15.1. The molecule has 0 aliphatic carbocycles. The second-order valence-electron chi connectivity index (χ2n) is 5.04. The molecular formula is C19H22NO. The Morgan fingerprint density at radius 3 is 2.43 bits per heavy atom. The minimum absolute atomic E-state index is 0.0609. The Morgan fingerprint density at radius 2 is 1.76 bits per heavy atom. The van der Waals surface area contributed by atoms with Crippen molar-refractivity contribution in [1.29, 1.82) is 0 Å². The highest BCUT2D eigenvalue weighted by atomic mass is 16.1. The molecule has 0 N–H and O–H groups in total. The van der Waals surface area contributed by atoms with Gasteiger partial charge in [-0.25, -0.2) is 0 Å². The lowest BCUT2D eigenvalue weighted by Crippen LogP contribution is -2.25. The lowest BCUT2D eigenvalue weighted by Gasteiger charge is -2.18. The predicted molar refractivity (Wildman–Crippen MR) is 86.6 cm³/mol. The Bertz CT molecular complexity index is 573. The van der Waals surface area contributed by atoms with Gasteiger partial charge in [0.2, 0.25) is 0 Å². The summed E-state index contributed by atoms with van der Waals surface area (Å²) in [5.41, 5.74) is 2.51. The molecule has 2 rings (SSSR count). The van der Waals surface area contributed by atoms with Crippen LogP contribution < -0.4 is 0 Å². The van der Waals surface area contributed by atoms with Gasteiger partial charge in [-0.2, -0.15) is 0 Å². The van der Waals surface area contributed by atoms with Gasteiger partial charge in [-0.3, -0.25) is 4.79 Å². The van der Waals surface area contributed by atoms with Crippen molar-refractivity contribution >= 4 is 5.78 Å². The first-order chi connectivity index (χ1) is 10.3. The largest absolute Gasteiger partial charge is 0.304 e. The predicted octanol–water partition coefficient (Wildman–Crippen LogP) is 3.60. The van der Waals surface area contributed by atoms with Gasteiger partial charge in [0.1, 0.15) is 0 Å². The fourth-order valence-electron chi connectivity index (χ4n) is 2.44. The highest BCUT2D eigenvalue weighted by Gasteiger charge is 2.13. The third kappa shape index (κ3) is 4.02. The average molecular weight is 280 g/mol. The minimum Gasteiger partial charge on any atom is -0.304 e. The normalized spacial score (nSPS) is 10.8. The molecule has 0 heterocycles. The molecule has 0 unspecified atom stereocenters. The van der Waals surface area contributed by atoms with E-state index in [1.54, 1.807) is 0 Å². The Morgan fingerprint density at radius 1 is 1.05 bits per heavy atom. The first kappa shape index (κ1) is 15.5. The smallest absolute Gasteiger partial charge is 0.193 e. The van der Waals surface area contributed by atoms with Crippen molar-refractivity contribution in [2.75, 3.05) is 19.6 Å². The first-order valence-corrected chi connectivity index (χ1v) is 7.58. The second kappa shape index (κ2) is 7.75. The number of carbonyl (C=O) groups excluding carboxylic acids is 1. The van der Waals surface area contributed by atoms with Crippen molar-refractivity contribution in [3.05, 3.63) is 71.3 Å². The maximum absolute atomic E-state index is 12.6. The zero-order valence-corrected chi connectivity index (χ0v) is 12.8. The lowest BCUT2D eigenvalue weighted by atomic mass is 9.96. The molecule has 0 aliphatic heterocycles. The summed E-state index contributed by atoms with van der Waals surface area (Å²) >= 11 is 0. The second-order valence-corrected chi connectivity index (χ2v) is 5.04. The van der Waals surface area contributed by atoms with E-state index in [2.05, 4.69) is 24.8 Å². The number of carbonyl (C=O) groups is 1. The van der Waals surface area contributed by atoms with Crippen LogP contribution in [-0.4, -0.2) is 30.3 Å². The molecule has 21 heavy (non-hydrogen) atoms. The van der Waals surface area contributed by atoms with Gasteiger partial charge in [-0.05, 0) is 31.1 Å². The fraction of sp³-hybridized carbons (Fsp3) is 0.316. The zero-order valence-electron chi connectivity index (χ0n) is 12.8. The first-order valence-electron chi connectivity index (χ1n) is 7.58. The van der Waals surface area contributed by atoms with E-state index in [9.17, 15) is 4.79 Å². The molecule has 0 saturated carbocycles. The van der Waals surface area contributed by atoms with Crippen LogP contribution in [0, 0.1) is 6.07 Å². The van der Waals surface area contributed by atoms with E-state index >= 15 is 0 Å². The lowest BCUT2D eigenvalue weighted by molar-refractivity contribution is 0.103. The fourth-order valence-corrected chi connectivity index (χ4v) is 2.44. The minimum atomic E-state index is 0.0609. The molecule has 2 heteroatoms. The molecule has 0 amide bonds. The van der Waals surface area contributed by atoms with E-state index in [0.29, 0.717) is 5.56 Å². The average Bonchev–Trinajstić information content (AvgIpc) is 2.56. The summed E-state index contributed by atoms with van der Waals surface area (Å²) < 4.78 is 0. The van der Waals surface area contributed by atoms with Crippen LogP contribution in [0.5, 0.6) is 0 Å². The Balaban J connectivity index is 2.19. The highest BCUT2D eigenvalue weighted by molar-refractivity contribution is 6.09. The SMILES string of the molecule is CCN(CC)CCc1ccc[c]c1C(=O)c1ccccc1. The summed E-state index contributed by atoms with van der Waals surface area (Å²) in [4.78, 5) is 15.0. The van der Waals surface area contributed by atoms with Crippen LogP contribution in [0.2, 0.25) is 0 Å². The van der Waals surface area contributed by atoms with Crippen molar-refractivity contribution in [3.63, 3.8) is 0 Å². The quantitative estimate of drug-likeness (QED) is 0.722. The van der Waals surface area contributed by atoms with Gasteiger partial charge in [0.25, 0.3) is 0 Å². The maximum Gasteiger partial charge on any atom is 0.193 e. The molecule has 2 aromatic rings. The van der Waals surface area contributed by atoms with Gasteiger partial charge in [0.05, 0.1) is 0 Å². The van der Waals surface area contributed by atoms with Crippen molar-refractivity contribution in [3.8, 4) is 0 Å². The summed E-state index contributed by atoms with van der Waals surface area (Å²) in [6.45, 7) is 7.37. The van der Waals surface area contributed by atoms with Gasteiger partial charge in [0, 0.05) is 17.7 Å². The van der Waals surface area contributed by atoms with Crippen molar-refractivity contribution in [2.24, 2.45) is 0 Å². The van der Waals surface area contributed by atoms with Crippen LogP contribution in [0.15, 0.2) is 48.5 Å². The van der Waals surface area contributed by atoms with Gasteiger partial charge < -0.3 is 4.90 Å². The summed E-state index contributed by atoms with van der Waals surface area (Å²) in [7, 11) is 0. The van der Waals surface area contributed by atoms with Crippen LogP contribution in [0.1, 0.15) is 35.3 Å². The van der Waals surface area contributed by atoms with E-state index in [1.807, 2.05) is 48.5 Å². The van der Waals surface area contributed by atoms with E-state index in [0.717, 1.165) is 37.2 Å². The molecule has 109 valence electrons. The van der Waals surface area contributed by atoms with Crippen LogP contribution >= 0.6 is 0 Å². The molecule has 0 bridgehead atoms. The molecule has 0 fully saturated rings. The van der Waals surface area contributed by atoms with Crippen LogP contribution in [0.3, 0.4) is 0 Å². The van der Waals surface area contributed by atoms with Crippen LogP contribution in [0.25, 0.3) is 0 Å². The van der Waals surface area contributed by atoms with Crippen molar-refractivity contribution < 1.29 is 4.79 Å². The number of likely N-dealkylation sites (N-methyl/N-ethyl adjacent to an activating group) is 1. The third-order valence-corrected chi connectivity index (χ3v) is 3.80. The molecule has 0 atom stereocenters. The molecule has 2 aromatic carbocycles. The maximum atomic E-state index is 12.6. The number of benzene rings is 2. The van der Waals surface area contributed by atoms with Gasteiger partial charge in [0.15, 0.2) is 5.78 Å². The third-order valence-electron chi connectivity index (χ3n) is 3.80. The highest BCUT2D eigenvalue weighted by Crippen LogP contribution is 2.15. The number of hydrogen-bond donors (Lipinski definition) is 0. The monoisotopic (exact) mass is 280 g/mol. The number of ketones is 1. The van der Waals surface area contributed by atoms with E-state index < -0.39 is 0 Å². The van der Waals surface area contributed by atoms with Gasteiger partial charge in [-0.1, -0.05) is 62.4 Å². The molecule has 0 aromatic heterocycles. The summed E-state index contributed by atoms with van der Waals surface area (Å²) in [5.74, 6) is 0.0609. The Hall–Kier alpha value is -1.93. The molecular weight excluding hydrogens is 258 g/mol. The van der Waals surface area contributed by atoms with Crippen LogP contribution in [-0.2, 0) is 6.42 Å². The van der Waals surface area contributed by atoms with Crippen molar-refractivity contribution in [2.45, 2.75) is 20.3 Å². The number of hydrogen-bond acceptors (Lipinski definition) is 2. The van der Waals surface area contributed by atoms with E-state index in [1.165, 1.54) is 0 Å². The Labute approximate surface area is 127 Å². The van der Waals surface area contributed by atoms with Crippen molar-refractivity contribution in [1.82, 2.24) is 4.90 Å². The molecule has 2 nitrogen and oxygen atoms in total. The molecule has 0 saturated heterocycles.